The molecule has 0 bridgehead atoms. The summed E-state index contributed by atoms with van der Waals surface area (Å²) in [5.74, 6) is 0.134. The van der Waals surface area contributed by atoms with Crippen LogP contribution in [0, 0.1) is 6.92 Å². The average molecular weight is 235 g/mol. The molecule has 0 fully saturated rings. The number of nitrogens with zero attached hydrogens (tertiary/aromatic N) is 3. The number of rotatable bonds is 4. The van der Waals surface area contributed by atoms with Gasteiger partial charge >= 0.3 is 0 Å². The van der Waals surface area contributed by atoms with E-state index in [0.717, 1.165) is 16.4 Å². The zero-order valence-electron chi connectivity index (χ0n) is 9.30. The third-order valence-electron chi connectivity index (χ3n) is 2.12. The fraction of sp³-hybridized carbons (Fsp3) is 0.364. The predicted octanol–water partition coefficient (Wildman–Crippen LogP) is 1.83. The number of aromatic nitrogens is 3. The van der Waals surface area contributed by atoms with Gasteiger partial charge in [0.05, 0.1) is 29.4 Å². The number of carbonyl (C=O) groups is 1. The maximum absolute atomic E-state index is 10.9. The van der Waals surface area contributed by atoms with Crippen molar-refractivity contribution in [1.29, 1.82) is 0 Å². The first-order valence-corrected chi connectivity index (χ1v) is 5.94. The van der Waals surface area contributed by atoms with Gasteiger partial charge in [-0.2, -0.15) is 5.10 Å². The maximum atomic E-state index is 10.9. The molecular formula is C11H13N3OS. The summed E-state index contributed by atoms with van der Waals surface area (Å²) in [5, 5.41) is 7.41. The zero-order valence-corrected chi connectivity index (χ0v) is 10.1. The van der Waals surface area contributed by atoms with Crippen LogP contribution in [0.2, 0.25) is 0 Å². The molecule has 2 aromatic rings. The predicted molar refractivity (Wildman–Crippen MR) is 62.6 cm³/mol. The van der Waals surface area contributed by atoms with E-state index in [4.69, 9.17) is 0 Å². The zero-order chi connectivity index (χ0) is 11.5. The molecule has 0 aliphatic carbocycles. The largest absolute Gasteiger partial charge is 0.300 e. The highest BCUT2D eigenvalue weighted by molar-refractivity contribution is 7.09. The Morgan fingerprint density at radius 2 is 2.31 bits per heavy atom. The first-order chi connectivity index (χ1) is 7.63. The smallest absolute Gasteiger partial charge is 0.135 e. The molecule has 0 radical (unpaired) electrons. The minimum atomic E-state index is 0.134. The van der Waals surface area contributed by atoms with Crippen LogP contribution >= 0.6 is 11.3 Å². The molecule has 0 aliphatic rings. The Morgan fingerprint density at radius 1 is 1.50 bits per heavy atom. The molecule has 0 saturated heterocycles. The highest BCUT2D eigenvalue weighted by Crippen LogP contribution is 2.09. The van der Waals surface area contributed by atoms with Crippen molar-refractivity contribution in [2.75, 3.05) is 0 Å². The Morgan fingerprint density at radius 3 is 2.94 bits per heavy atom. The fourth-order valence-electron chi connectivity index (χ4n) is 1.49. The lowest BCUT2D eigenvalue weighted by Crippen LogP contribution is -2.03. The second-order valence-electron chi connectivity index (χ2n) is 3.74. The lowest BCUT2D eigenvalue weighted by atomic mass is 10.2. The molecule has 16 heavy (non-hydrogen) atoms. The molecule has 5 heteroatoms. The monoisotopic (exact) mass is 235 g/mol. The Labute approximate surface area is 97.9 Å². The van der Waals surface area contributed by atoms with Gasteiger partial charge in [0.2, 0.25) is 0 Å². The van der Waals surface area contributed by atoms with Crippen LogP contribution in [-0.2, 0) is 17.8 Å². The van der Waals surface area contributed by atoms with Crippen LogP contribution < -0.4 is 0 Å². The molecule has 2 aromatic heterocycles. The van der Waals surface area contributed by atoms with Gasteiger partial charge in [0.1, 0.15) is 5.78 Å². The summed E-state index contributed by atoms with van der Waals surface area (Å²) in [7, 11) is 0. The van der Waals surface area contributed by atoms with E-state index in [1.54, 1.807) is 18.3 Å². The lowest BCUT2D eigenvalue weighted by Gasteiger charge is -1.97. The van der Waals surface area contributed by atoms with Crippen molar-refractivity contribution < 1.29 is 4.79 Å². The summed E-state index contributed by atoms with van der Waals surface area (Å²) in [4.78, 5) is 15.3. The van der Waals surface area contributed by atoms with Crippen LogP contribution in [0.1, 0.15) is 23.3 Å². The number of ketones is 1. The number of hydrogen-bond acceptors (Lipinski definition) is 4. The Balaban J connectivity index is 2.05. The Bertz CT molecular complexity index is 501. The van der Waals surface area contributed by atoms with Gasteiger partial charge in [-0.15, -0.1) is 11.3 Å². The Hall–Kier alpha value is -1.49. The second-order valence-corrected chi connectivity index (χ2v) is 4.80. The molecule has 0 spiro atoms. The van der Waals surface area contributed by atoms with E-state index in [2.05, 4.69) is 10.1 Å². The van der Waals surface area contributed by atoms with Gasteiger partial charge in [0.15, 0.2) is 0 Å². The SMILES string of the molecule is CC(=O)Cc1ccn(Cc2csc(C)n2)n1. The minimum absolute atomic E-state index is 0.134. The minimum Gasteiger partial charge on any atom is -0.300 e. The van der Waals surface area contributed by atoms with E-state index in [0.29, 0.717) is 13.0 Å². The van der Waals surface area contributed by atoms with Gasteiger partial charge in [-0.1, -0.05) is 0 Å². The maximum Gasteiger partial charge on any atom is 0.135 e. The van der Waals surface area contributed by atoms with Crippen molar-refractivity contribution in [2.24, 2.45) is 0 Å². The quantitative estimate of drug-likeness (QED) is 0.812. The highest BCUT2D eigenvalue weighted by Gasteiger charge is 2.04. The van der Waals surface area contributed by atoms with Crippen molar-refractivity contribution in [1.82, 2.24) is 14.8 Å². The fourth-order valence-corrected chi connectivity index (χ4v) is 2.09. The molecule has 0 unspecified atom stereocenters. The summed E-state index contributed by atoms with van der Waals surface area (Å²) in [6.45, 7) is 4.23. The molecule has 0 amide bonds. The second kappa shape index (κ2) is 4.57. The van der Waals surface area contributed by atoms with Crippen LogP contribution in [-0.4, -0.2) is 20.5 Å². The highest BCUT2D eigenvalue weighted by atomic mass is 32.1. The summed E-state index contributed by atoms with van der Waals surface area (Å²) in [6, 6.07) is 1.88. The van der Waals surface area contributed by atoms with Gasteiger partial charge in [-0.25, -0.2) is 4.98 Å². The first kappa shape index (κ1) is 11.0. The summed E-state index contributed by atoms with van der Waals surface area (Å²) >= 11 is 1.63. The normalized spacial score (nSPS) is 10.6. The van der Waals surface area contributed by atoms with Gasteiger partial charge < -0.3 is 0 Å². The van der Waals surface area contributed by atoms with Gasteiger partial charge in [0.25, 0.3) is 0 Å². The van der Waals surface area contributed by atoms with Crippen LogP contribution in [0.4, 0.5) is 0 Å². The molecule has 2 heterocycles. The van der Waals surface area contributed by atoms with E-state index < -0.39 is 0 Å². The standard InChI is InChI=1S/C11H13N3OS/c1-8(15)5-10-3-4-14(13-10)6-11-7-16-9(2)12-11/h3-4,7H,5-6H2,1-2H3. The summed E-state index contributed by atoms with van der Waals surface area (Å²) in [5.41, 5.74) is 1.83. The molecule has 4 nitrogen and oxygen atoms in total. The van der Waals surface area contributed by atoms with E-state index in [9.17, 15) is 4.79 Å². The third kappa shape index (κ3) is 2.76. The van der Waals surface area contributed by atoms with Crippen molar-refractivity contribution in [2.45, 2.75) is 26.8 Å². The first-order valence-electron chi connectivity index (χ1n) is 5.06. The van der Waals surface area contributed by atoms with Gasteiger partial charge in [-0.3, -0.25) is 9.48 Å². The molecule has 2 rings (SSSR count). The van der Waals surface area contributed by atoms with Crippen molar-refractivity contribution in [3.05, 3.63) is 34.0 Å². The molecular weight excluding hydrogens is 222 g/mol. The van der Waals surface area contributed by atoms with Crippen molar-refractivity contribution in [3.63, 3.8) is 0 Å². The number of carbonyl (C=O) groups excluding carboxylic acids is 1. The van der Waals surface area contributed by atoms with Gasteiger partial charge in [0, 0.05) is 11.6 Å². The van der Waals surface area contributed by atoms with Crippen LogP contribution in [0.3, 0.4) is 0 Å². The number of hydrogen-bond donors (Lipinski definition) is 0. The number of thiazole rings is 1. The van der Waals surface area contributed by atoms with Crippen LogP contribution in [0.5, 0.6) is 0 Å². The average Bonchev–Trinajstić information content (AvgIpc) is 2.76. The van der Waals surface area contributed by atoms with E-state index in [-0.39, 0.29) is 5.78 Å². The molecule has 84 valence electrons. The van der Waals surface area contributed by atoms with Crippen LogP contribution in [0.15, 0.2) is 17.6 Å². The van der Waals surface area contributed by atoms with E-state index in [1.807, 2.05) is 29.2 Å². The number of Topliss-reactive ketones (excluding diaryl/α,β-unsaturated/α-hetero) is 1. The summed E-state index contributed by atoms with van der Waals surface area (Å²) in [6.07, 6.45) is 2.29. The number of aryl methyl sites for hydroxylation is 1. The van der Waals surface area contributed by atoms with Crippen LogP contribution in [0.25, 0.3) is 0 Å². The Kier molecular flexibility index (Phi) is 3.14. The van der Waals surface area contributed by atoms with Gasteiger partial charge in [-0.05, 0) is 19.9 Å². The molecule has 0 aliphatic heterocycles. The van der Waals surface area contributed by atoms with E-state index in [1.165, 1.54) is 0 Å². The molecule has 0 N–H and O–H groups in total. The van der Waals surface area contributed by atoms with Crippen molar-refractivity contribution >= 4 is 17.1 Å². The van der Waals surface area contributed by atoms with Crippen molar-refractivity contribution in [3.8, 4) is 0 Å². The molecule has 0 aromatic carbocycles. The topological polar surface area (TPSA) is 47.8 Å². The molecule has 0 atom stereocenters. The van der Waals surface area contributed by atoms with E-state index >= 15 is 0 Å². The molecule has 0 saturated carbocycles. The summed E-state index contributed by atoms with van der Waals surface area (Å²) < 4.78 is 1.81. The lowest BCUT2D eigenvalue weighted by molar-refractivity contribution is -0.116. The third-order valence-corrected chi connectivity index (χ3v) is 2.94.